The molecule has 1 aliphatic heterocycles. The number of thioether (sulfide) groups is 1. The monoisotopic (exact) mass is 480 g/mol. The summed E-state index contributed by atoms with van der Waals surface area (Å²) >= 11 is 1.55. The second-order valence-corrected chi connectivity index (χ2v) is 11.3. The summed E-state index contributed by atoms with van der Waals surface area (Å²) in [6.45, 7) is 9.66. The number of nitrogens with zero attached hydrogens (tertiary/aromatic N) is 1. The molecule has 5 nitrogen and oxygen atoms in total. The van der Waals surface area contributed by atoms with Crippen LogP contribution in [0, 0.1) is 34.6 Å². The van der Waals surface area contributed by atoms with E-state index in [9.17, 15) is 13.2 Å². The molecule has 0 spiro atoms. The summed E-state index contributed by atoms with van der Waals surface area (Å²) in [5.74, 6) is 0.431. The predicted octanol–water partition coefficient (Wildman–Crippen LogP) is 5.81. The van der Waals surface area contributed by atoms with Crippen LogP contribution in [-0.4, -0.2) is 20.1 Å². The van der Waals surface area contributed by atoms with Crippen LogP contribution in [0.4, 0.5) is 11.4 Å². The minimum Gasteiger partial charge on any atom is -0.295 e. The van der Waals surface area contributed by atoms with Crippen molar-refractivity contribution in [2.24, 2.45) is 0 Å². The van der Waals surface area contributed by atoms with E-state index >= 15 is 0 Å². The number of hydrogen-bond acceptors (Lipinski definition) is 4. The highest BCUT2D eigenvalue weighted by molar-refractivity contribution is 8.00. The number of rotatable bonds is 5. The number of hydrogen-bond donors (Lipinski definition) is 1. The molecule has 0 radical (unpaired) electrons. The molecule has 3 aromatic carbocycles. The number of benzene rings is 3. The number of amides is 1. The molecule has 1 aliphatic rings. The number of sulfonamides is 1. The Morgan fingerprint density at radius 3 is 2.24 bits per heavy atom. The van der Waals surface area contributed by atoms with Gasteiger partial charge in [0.1, 0.15) is 5.37 Å². The average molecular weight is 481 g/mol. The largest absolute Gasteiger partial charge is 0.295 e. The van der Waals surface area contributed by atoms with E-state index in [1.165, 1.54) is 5.56 Å². The highest BCUT2D eigenvalue weighted by atomic mass is 32.2. The minimum atomic E-state index is -3.76. The molecule has 1 unspecified atom stereocenters. The maximum atomic E-state index is 13.2. The van der Waals surface area contributed by atoms with Gasteiger partial charge in [0.15, 0.2) is 0 Å². The van der Waals surface area contributed by atoms with Crippen molar-refractivity contribution in [3.63, 3.8) is 0 Å². The molecule has 3 aromatic rings. The zero-order valence-corrected chi connectivity index (χ0v) is 21.1. The van der Waals surface area contributed by atoms with Gasteiger partial charge in [-0.15, -0.1) is 11.8 Å². The predicted molar refractivity (Wildman–Crippen MR) is 137 cm³/mol. The first-order valence-electron chi connectivity index (χ1n) is 10.8. The summed E-state index contributed by atoms with van der Waals surface area (Å²) in [4.78, 5) is 14.9. The fourth-order valence-corrected chi connectivity index (χ4v) is 7.05. The SMILES string of the molecule is Cc1cc(C)c(S(=O)(=O)Nc2cccc(C3SCC(=O)N3c3ccc(C)c(C)c3)c2)c(C)c1. The van der Waals surface area contributed by atoms with E-state index < -0.39 is 10.0 Å². The van der Waals surface area contributed by atoms with E-state index in [0.717, 1.165) is 22.4 Å². The van der Waals surface area contributed by atoms with Gasteiger partial charge in [0.05, 0.1) is 10.6 Å². The standard InChI is InChI=1S/C26H28N2O3S2/c1-16-11-19(4)25(20(5)12-16)33(30,31)27-22-8-6-7-21(14-22)26-28(24(29)15-32-26)23-10-9-17(2)18(3)13-23/h6-14,26-27H,15H2,1-5H3. The molecule has 0 saturated carbocycles. The summed E-state index contributed by atoms with van der Waals surface area (Å²) in [5, 5.41) is -0.216. The molecule has 0 aromatic heterocycles. The van der Waals surface area contributed by atoms with Crippen molar-refractivity contribution in [2.45, 2.75) is 44.9 Å². The van der Waals surface area contributed by atoms with Crippen LogP contribution in [0.3, 0.4) is 0 Å². The van der Waals surface area contributed by atoms with Crippen LogP contribution in [0.2, 0.25) is 0 Å². The quantitative estimate of drug-likeness (QED) is 0.501. The van der Waals surface area contributed by atoms with Gasteiger partial charge >= 0.3 is 0 Å². The molecule has 7 heteroatoms. The van der Waals surface area contributed by atoms with Crippen molar-refractivity contribution in [1.82, 2.24) is 0 Å². The van der Waals surface area contributed by atoms with Crippen LogP contribution in [0.1, 0.15) is 38.8 Å². The van der Waals surface area contributed by atoms with E-state index in [1.807, 2.05) is 83.1 Å². The van der Waals surface area contributed by atoms with Crippen LogP contribution in [-0.2, 0) is 14.8 Å². The second kappa shape index (κ2) is 8.88. The summed E-state index contributed by atoms with van der Waals surface area (Å²) < 4.78 is 29.2. The Labute approximate surface area is 200 Å². The first-order chi connectivity index (χ1) is 15.6. The molecule has 1 N–H and O–H groups in total. The highest BCUT2D eigenvalue weighted by Gasteiger charge is 2.34. The molecule has 172 valence electrons. The Hall–Kier alpha value is -2.77. The maximum absolute atomic E-state index is 13.2. The van der Waals surface area contributed by atoms with Gasteiger partial charge in [-0.1, -0.05) is 35.9 Å². The van der Waals surface area contributed by atoms with Crippen LogP contribution in [0.15, 0.2) is 59.5 Å². The van der Waals surface area contributed by atoms with Gasteiger partial charge in [0, 0.05) is 11.4 Å². The topological polar surface area (TPSA) is 66.5 Å². The number of aryl methyl sites for hydroxylation is 5. The molecule has 4 rings (SSSR count). The van der Waals surface area contributed by atoms with E-state index in [-0.39, 0.29) is 11.3 Å². The molecule has 0 aliphatic carbocycles. The molecule has 1 fully saturated rings. The van der Waals surface area contributed by atoms with Crippen LogP contribution >= 0.6 is 11.8 Å². The number of carbonyl (C=O) groups excluding carboxylic acids is 1. The lowest BCUT2D eigenvalue weighted by Crippen LogP contribution is -2.28. The molecular weight excluding hydrogens is 452 g/mol. The number of nitrogens with one attached hydrogen (secondary N) is 1. The van der Waals surface area contributed by atoms with E-state index in [2.05, 4.69) is 4.72 Å². The number of carbonyl (C=O) groups is 1. The lowest BCUT2D eigenvalue weighted by atomic mass is 10.1. The fourth-order valence-electron chi connectivity index (χ4n) is 4.38. The van der Waals surface area contributed by atoms with Crippen molar-refractivity contribution in [2.75, 3.05) is 15.4 Å². The van der Waals surface area contributed by atoms with Crippen LogP contribution < -0.4 is 9.62 Å². The lowest BCUT2D eigenvalue weighted by Gasteiger charge is -2.25. The Balaban J connectivity index is 1.66. The van der Waals surface area contributed by atoms with Gasteiger partial charge in [-0.05, 0) is 86.7 Å². The van der Waals surface area contributed by atoms with Crippen LogP contribution in [0.5, 0.6) is 0 Å². The highest BCUT2D eigenvalue weighted by Crippen LogP contribution is 2.42. The Bertz CT molecular complexity index is 1330. The molecule has 1 heterocycles. The van der Waals surface area contributed by atoms with Crippen LogP contribution in [0.25, 0.3) is 0 Å². The van der Waals surface area contributed by atoms with E-state index in [1.54, 1.807) is 22.7 Å². The average Bonchev–Trinajstić information content (AvgIpc) is 3.10. The third-order valence-electron chi connectivity index (χ3n) is 5.93. The maximum Gasteiger partial charge on any atom is 0.262 e. The normalized spacial score (nSPS) is 16.3. The molecule has 1 amide bonds. The first kappa shape index (κ1) is 23.4. The third kappa shape index (κ3) is 4.66. The van der Waals surface area contributed by atoms with Gasteiger partial charge in [0.2, 0.25) is 5.91 Å². The summed E-state index contributed by atoms with van der Waals surface area (Å²) in [7, 11) is -3.76. The number of anilines is 2. The summed E-state index contributed by atoms with van der Waals surface area (Å²) in [6, 6.07) is 17.1. The van der Waals surface area contributed by atoms with E-state index in [4.69, 9.17) is 0 Å². The lowest BCUT2D eigenvalue weighted by molar-refractivity contribution is -0.115. The van der Waals surface area contributed by atoms with Crippen molar-refractivity contribution in [1.29, 1.82) is 0 Å². The van der Waals surface area contributed by atoms with Gasteiger partial charge < -0.3 is 0 Å². The van der Waals surface area contributed by atoms with Gasteiger partial charge in [0.25, 0.3) is 10.0 Å². The van der Waals surface area contributed by atoms with E-state index in [0.29, 0.717) is 27.5 Å². The van der Waals surface area contributed by atoms with Gasteiger partial charge in [-0.25, -0.2) is 8.42 Å². The first-order valence-corrected chi connectivity index (χ1v) is 13.3. The smallest absolute Gasteiger partial charge is 0.262 e. The van der Waals surface area contributed by atoms with Crippen molar-refractivity contribution < 1.29 is 13.2 Å². The zero-order chi connectivity index (χ0) is 23.9. The Morgan fingerprint density at radius 2 is 1.58 bits per heavy atom. The second-order valence-electron chi connectivity index (χ2n) is 8.65. The summed E-state index contributed by atoms with van der Waals surface area (Å²) in [6.07, 6.45) is 0. The Morgan fingerprint density at radius 1 is 0.879 bits per heavy atom. The minimum absolute atomic E-state index is 0.0464. The Kier molecular flexibility index (Phi) is 6.29. The van der Waals surface area contributed by atoms with Gasteiger partial charge in [-0.2, -0.15) is 0 Å². The third-order valence-corrected chi connectivity index (χ3v) is 8.83. The molecule has 0 bridgehead atoms. The molecule has 1 atom stereocenters. The zero-order valence-electron chi connectivity index (χ0n) is 19.5. The molecule has 1 saturated heterocycles. The summed E-state index contributed by atoms with van der Waals surface area (Å²) in [5.41, 5.74) is 6.97. The van der Waals surface area contributed by atoms with Crippen molar-refractivity contribution >= 4 is 39.1 Å². The van der Waals surface area contributed by atoms with Crippen molar-refractivity contribution in [3.05, 3.63) is 88.0 Å². The molecular formula is C26H28N2O3S2. The van der Waals surface area contributed by atoms with Gasteiger partial charge in [-0.3, -0.25) is 14.4 Å². The van der Waals surface area contributed by atoms with Crippen molar-refractivity contribution in [3.8, 4) is 0 Å². The fraction of sp³-hybridized carbons (Fsp3) is 0.269. The molecule has 33 heavy (non-hydrogen) atoms.